The molecule has 1 unspecified atom stereocenters. The summed E-state index contributed by atoms with van der Waals surface area (Å²) in [6, 6.07) is 33.1. The van der Waals surface area contributed by atoms with Gasteiger partial charge in [-0.3, -0.25) is 9.69 Å². The second kappa shape index (κ2) is 7.31. The smallest absolute Gasteiger partial charge is 0.278 e. The number of carbonyl (C=O) groups is 1. The largest absolute Gasteiger partial charge is 0.322 e. The Morgan fingerprint density at radius 2 is 1.33 bits per heavy atom. The Hall–Kier alpha value is -4.45. The van der Waals surface area contributed by atoms with Crippen molar-refractivity contribution in [1.29, 1.82) is 0 Å². The average Bonchev–Trinajstić information content (AvgIpc) is 3.37. The van der Waals surface area contributed by atoms with E-state index in [4.69, 9.17) is 5.10 Å². The van der Waals surface area contributed by atoms with Crippen LogP contribution in [0.25, 0.3) is 0 Å². The van der Waals surface area contributed by atoms with Crippen LogP contribution in [0.4, 0.5) is 21.5 Å². The van der Waals surface area contributed by atoms with Gasteiger partial charge < -0.3 is 5.32 Å². The number of halogens is 1. The monoisotopic (exact) mass is 434 g/mol. The molecule has 1 spiro atoms. The standard InChI is InChI=1S/C27H19FN4O/c28-20-17-15-19(16-18-20)25-30-32(22-11-5-2-6-12-22)27(31(25)21-9-3-1-4-10-21)23-13-7-8-14-24(23)29-26(27)33/h1-18H,(H,29,33). The van der Waals surface area contributed by atoms with Crippen molar-refractivity contribution < 1.29 is 9.18 Å². The summed E-state index contributed by atoms with van der Waals surface area (Å²) in [5.74, 6) is 0.0105. The first kappa shape index (κ1) is 19.3. The maximum absolute atomic E-state index is 13.9. The minimum atomic E-state index is -1.29. The van der Waals surface area contributed by atoms with Gasteiger partial charge in [-0.05, 0) is 54.6 Å². The second-order valence-corrected chi connectivity index (χ2v) is 7.92. The van der Waals surface area contributed by atoms with Gasteiger partial charge in [0.1, 0.15) is 5.82 Å². The van der Waals surface area contributed by atoms with E-state index in [0.717, 1.165) is 22.6 Å². The van der Waals surface area contributed by atoms with Crippen LogP contribution in [-0.2, 0) is 10.5 Å². The first-order chi connectivity index (χ1) is 16.2. The van der Waals surface area contributed by atoms with E-state index in [9.17, 15) is 9.18 Å². The van der Waals surface area contributed by atoms with Crippen molar-refractivity contribution in [2.75, 3.05) is 15.2 Å². The summed E-state index contributed by atoms with van der Waals surface area (Å²) in [4.78, 5) is 15.9. The van der Waals surface area contributed by atoms with Gasteiger partial charge in [-0.15, -0.1) is 0 Å². The number of amidine groups is 1. The predicted octanol–water partition coefficient (Wildman–Crippen LogP) is 5.32. The van der Waals surface area contributed by atoms with Gasteiger partial charge in [0.05, 0.1) is 5.69 Å². The number of fused-ring (bicyclic) bond motifs is 2. The summed E-state index contributed by atoms with van der Waals surface area (Å²) >= 11 is 0. The van der Waals surface area contributed by atoms with Crippen molar-refractivity contribution in [2.24, 2.45) is 5.10 Å². The molecule has 0 saturated heterocycles. The van der Waals surface area contributed by atoms with Gasteiger partial charge in [0.25, 0.3) is 5.91 Å². The molecule has 5 nitrogen and oxygen atoms in total. The van der Waals surface area contributed by atoms with E-state index < -0.39 is 5.66 Å². The third-order valence-electron chi connectivity index (χ3n) is 6.02. The lowest BCUT2D eigenvalue weighted by Gasteiger charge is -2.40. The number of rotatable bonds is 3. The Morgan fingerprint density at radius 3 is 2.03 bits per heavy atom. The van der Waals surface area contributed by atoms with Gasteiger partial charge in [0.15, 0.2) is 5.84 Å². The van der Waals surface area contributed by atoms with Crippen LogP contribution < -0.4 is 15.2 Å². The van der Waals surface area contributed by atoms with Crippen molar-refractivity contribution in [3.63, 3.8) is 0 Å². The summed E-state index contributed by atoms with van der Waals surface area (Å²) in [5, 5.41) is 9.81. The predicted molar refractivity (Wildman–Crippen MR) is 128 cm³/mol. The Bertz CT molecular complexity index is 1370. The van der Waals surface area contributed by atoms with Gasteiger partial charge in [0, 0.05) is 22.5 Å². The van der Waals surface area contributed by atoms with E-state index in [1.165, 1.54) is 12.1 Å². The van der Waals surface area contributed by atoms with Crippen LogP contribution in [0.2, 0.25) is 0 Å². The zero-order valence-corrected chi connectivity index (χ0v) is 17.5. The molecule has 4 aromatic rings. The number of amides is 1. The first-order valence-corrected chi connectivity index (χ1v) is 10.7. The summed E-state index contributed by atoms with van der Waals surface area (Å²) < 4.78 is 13.8. The van der Waals surface area contributed by atoms with E-state index >= 15 is 0 Å². The van der Waals surface area contributed by atoms with Gasteiger partial charge in [0.2, 0.25) is 5.66 Å². The van der Waals surface area contributed by atoms with Crippen LogP contribution in [0.1, 0.15) is 11.1 Å². The van der Waals surface area contributed by atoms with Crippen LogP contribution in [-0.4, -0.2) is 11.7 Å². The Morgan fingerprint density at radius 1 is 0.727 bits per heavy atom. The first-order valence-electron chi connectivity index (χ1n) is 10.7. The highest BCUT2D eigenvalue weighted by molar-refractivity contribution is 6.22. The molecule has 1 amide bonds. The number of hydrogen-bond acceptors (Lipinski definition) is 4. The topological polar surface area (TPSA) is 47.9 Å². The molecule has 1 N–H and O–H groups in total. The maximum Gasteiger partial charge on any atom is 0.278 e. The normalized spacial score (nSPS) is 18.9. The highest BCUT2D eigenvalue weighted by Gasteiger charge is 2.61. The molecule has 0 fully saturated rings. The van der Waals surface area contributed by atoms with Gasteiger partial charge >= 0.3 is 0 Å². The third kappa shape index (κ3) is 2.77. The third-order valence-corrected chi connectivity index (χ3v) is 6.02. The number of anilines is 3. The molecule has 0 aromatic heterocycles. The average molecular weight is 434 g/mol. The number of hydrazone groups is 1. The zero-order valence-electron chi connectivity index (χ0n) is 17.5. The van der Waals surface area contributed by atoms with E-state index in [0.29, 0.717) is 11.4 Å². The van der Waals surface area contributed by atoms with E-state index in [2.05, 4.69) is 5.32 Å². The zero-order chi connectivity index (χ0) is 22.4. The van der Waals surface area contributed by atoms with Crippen LogP contribution in [0.5, 0.6) is 0 Å². The lowest BCUT2D eigenvalue weighted by atomic mass is 9.96. The highest BCUT2D eigenvalue weighted by Crippen LogP contribution is 2.50. The van der Waals surface area contributed by atoms with Gasteiger partial charge in [-0.2, -0.15) is 5.10 Å². The minimum absolute atomic E-state index is 0.211. The fourth-order valence-electron chi connectivity index (χ4n) is 4.61. The van der Waals surface area contributed by atoms with Crippen molar-refractivity contribution in [1.82, 2.24) is 0 Å². The van der Waals surface area contributed by atoms with Crippen LogP contribution in [0.15, 0.2) is 114 Å². The number of nitrogens with one attached hydrogen (secondary N) is 1. The van der Waals surface area contributed by atoms with Crippen LogP contribution in [0.3, 0.4) is 0 Å². The lowest BCUT2D eigenvalue weighted by Crippen LogP contribution is -2.58. The van der Waals surface area contributed by atoms with Crippen molar-refractivity contribution in [2.45, 2.75) is 5.66 Å². The number of carbonyl (C=O) groups excluding carboxylic acids is 1. The Balaban J connectivity index is 1.68. The van der Waals surface area contributed by atoms with Crippen LogP contribution >= 0.6 is 0 Å². The molecule has 0 saturated carbocycles. The molecular weight excluding hydrogens is 415 g/mol. The molecule has 1 atom stereocenters. The number of benzene rings is 4. The van der Waals surface area contributed by atoms with E-state index in [1.54, 1.807) is 17.1 Å². The fourth-order valence-corrected chi connectivity index (χ4v) is 4.61. The summed E-state index contributed by atoms with van der Waals surface area (Å²) in [5.41, 5.74) is 2.51. The number of hydrogen-bond donors (Lipinski definition) is 1. The lowest BCUT2D eigenvalue weighted by molar-refractivity contribution is -0.120. The van der Waals surface area contributed by atoms with E-state index in [1.807, 2.05) is 89.8 Å². The molecular formula is C27H19FN4O. The maximum atomic E-state index is 13.9. The molecule has 6 heteroatoms. The number of nitrogens with zero attached hydrogens (tertiary/aromatic N) is 3. The molecule has 0 bridgehead atoms. The van der Waals surface area contributed by atoms with Crippen LogP contribution in [0, 0.1) is 5.82 Å². The van der Waals surface area contributed by atoms with Gasteiger partial charge in [-0.25, -0.2) is 9.40 Å². The summed E-state index contributed by atoms with van der Waals surface area (Å²) in [6.45, 7) is 0. The van der Waals surface area contributed by atoms with Crippen molar-refractivity contribution in [3.8, 4) is 0 Å². The quantitative estimate of drug-likeness (QED) is 0.475. The fraction of sp³-hybridized carbons (Fsp3) is 0.0370. The molecule has 2 aliphatic rings. The summed E-state index contributed by atoms with van der Waals surface area (Å²) in [7, 11) is 0. The van der Waals surface area contributed by atoms with E-state index in [-0.39, 0.29) is 11.7 Å². The summed E-state index contributed by atoms with van der Waals surface area (Å²) in [6.07, 6.45) is 0. The second-order valence-electron chi connectivity index (χ2n) is 7.92. The Kier molecular flexibility index (Phi) is 4.26. The van der Waals surface area contributed by atoms with Crippen molar-refractivity contribution in [3.05, 3.63) is 126 Å². The highest BCUT2D eigenvalue weighted by atomic mass is 19.1. The molecule has 0 aliphatic carbocycles. The van der Waals surface area contributed by atoms with Gasteiger partial charge in [-0.1, -0.05) is 54.6 Å². The molecule has 4 aromatic carbocycles. The molecule has 6 rings (SSSR count). The molecule has 2 aliphatic heterocycles. The van der Waals surface area contributed by atoms with Crippen molar-refractivity contribution >= 4 is 28.8 Å². The molecule has 2 heterocycles. The molecule has 160 valence electrons. The molecule has 33 heavy (non-hydrogen) atoms. The number of para-hydroxylation sites is 3. The minimum Gasteiger partial charge on any atom is -0.322 e. The molecule has 0 radical (unpaired) electrons. The SMILES string of the molecule is O=C1Nc2ccccc2C12N(c1ccccc1)N=C(c1ccc(F)cc1)N2c1ccccc1. The Labute approximate surface area is 190 Å².